The summed E-state index contributed by atoms with van der Waals surface area (Å²) in [6.45, 7) is -1.86. The average Bonchev–Trinajstić information content (AvgIpc) is 2.15. The van der Waals surface area contributed by atoms with E-state index in [1.165, 1.54) is 0 Å². The number of hydrogen-bond acceptors (Lipinski definition) is 10. The fourth-order valence-electron chi connectivity index (χ4n) is 0.533. The van der Waals surface area contributed by atoms with Crippen LogP contribution in [-0.4, -0.2) is 75.9 Å². The first-order valence-corrected chi connectivity index (χ1v) is 4.46. The van der Waals surface area contributed by atoms with E-state index in [0.29, 0.717) is 0 Å². The quantitative estimate of drug-likeness (QED) is 0.360. The first-order chi connectivity index (χ1) is 8.25. The van der Waals surface area contributed by atoms with Crippen LogP contribution >= 0.6 is 0 Å². The van der Waals surface area contributed by atoms with Crippen molar-refractivity contribution in [3.05, 3.63) is 0 Å². The topological polar surface area (TPSA) is 185 Å². The van der Waals surface area contributed by atoms with Gasteiger partial charge in [-0.05, 0) is 0 Å². The van der Waals surface area contributed by atoms with E-state index in [2.05, 4.69) is 10.6 Å². The molecule has 0 saturated heterocycles. The Kier molecular flexibility index (Phi) is 27.5. The van der Waals surface area contributed by atoms with E-state index in [1.807, 2.05) is 0 Å². The first-order valence-electron chi connectivity index (χ1n) is 4.46. The zero-order chi connectivity index (χ0) is 14.6. The third-order valence-electron chi connectivity index (χ3n) is 1.08. The van der Waals surface area contributed by atoms with E-state index >= 15 is 0 Å². The SMILES string of the molecule is O=C([O-])CNCC(=O)[O-].O=C([O-])CNCC(=O)[O-].[In+3].[K+]. The average molecular weight is 416 g/mol. The predicted molar refractivity (Wildman–Crippen MR) is 51.5 cm³/mol. The monoisotopic (exact) mass is 416 g/mol. The summed E-state index contributed by atoms with van der Waals surface area (Å²) in [6.07, 6.45) is 0. The molecule has 20 heavy (non-hydrogen) atoms. The Bertz CT molecular complexity index is 257. The Hall–Kier alpha value is 0.306. The molecule has 12 heteroatoms. The number of carbonyl (C=O) groups excluding carboxylic acids is 4. The molecule has 0 unspecified atom stereocenters. The van der Waals surface area contributed by atoms with Crippen LogP contribution in [0.25, 0.3) is 0 Å². The Morgan fingerprint density at radius 1 is 0.600 bits per heavy atom. The molecule has 0 spiro atoms. The minimum absolute atomic E-state index is 0. The van der Waals surface area contributed by atoms with Gasteiger partial charge in [0.15, 0.2) is 0 Å². The van der Waals surface area contributed by atoms with Gasteiger partial charge in [-0.2, -0.15) is 0 Å². The van der Waals surface area contributed by atoms with Crippen LogP contribution < -0.4 is 82.4 Å². The van der Waals surface area contributed by atoms with Crippen molar-refractivity contribution in [3.63, 3.8) is 0 Å². The second kappa shape index (κ2) is 19.3. The second-order valence-electron chi connectivity index (χ2n) is 2.70. The molecule has 10 nitrogen and oxygen atoms in total. The molecule has 0 amide bonds. The number of hydrogen-bond donors (Lipinski definition) is 2. The van der Waals surface area contributed by atoms with Crippen molar-refractivity contribution < 1.29 is 91.0 Å². The maximum absolute atomic E-state index is 9.59. The van der Waals surface area contributed by atoms with Crippen LogP contribution in [0.4, 0.5) is 0 Å². The predicted octanol–water partition coefficient (Wildman–Crippen LogP) is -11.2. The zero-order valence-electron chi connectivity index (χ0n) is 10.7. The van der Waals surface area contributed by atoms with Crippen LogP contribution in [0, 0.1) is 0 Å². The van der Waals surface area contributed by atoms with Gasteiger partial charge in [-0.3, -0.25) is 0 Å². The fraction of sp³-hybridized carbons (Fsp3) is 0.500. The summed E-state index contributed by atoms with van der Waals surface area (Å²) < 4.78 is 0. The third kappa shape index (κ3) is 36.2. The molecule has 104 valence electrons. The summed E-state index contributed by atoms with van der Waals surface area (Å²) in [7, 11) is 0. The molecule has 0 aliphatic rings. The minimum Gasteiger partial charge on any atom is -0.549 e. The van der Waals surface area contributed by atoms with Gasteiger partial charge in [-0.1, -0.05) is 0 Å². The number of carbonyl (C=O) groups is 4. The van der Waals surface area contributed by atoms with Crippen molar-refractivity contribution in [2.75, 3.05) is 26.2 Å². The van der Waals surface area contributed by atoms with Crippen molar-refractivity contribution in [2.45, 2.75) is 0 Å². The third-order valence-corrected chi connectivity index (χ3v) is 1.08. The summed E-state index contributed by atoms with van der Waals surface area (Å²) in [5.74, 6) is -5.35. The number of carboxylic acid groups (broad SMARTS) is 4. The van der Waals surface area contributed by atoms with Gasteiger partial charge in [-0.15, -0.1) is 0 Å². The number of aliphatic carboxylic acids is 4. The Labute approximate surface area is 175 Å². The molecule has 0 bridgehead atoms. The molecule has 0 aromatic heterocycles. The summed E-state index contributed by atoms with van der Waals surface area (Å²) in [6, 6.07) is 0. The summed E-state index contributed by atoms with van der Waals surface area (Å²) >= 11 is 0. The molecule has 0 fully saturated rings. The first kappa shape index (κ1) is 28.5. The molecule has 2 N–H and O–H groups in total. The Morgan fingerprint density at radius 3 is 0.850 bits per heavy atom. The number of nitrogens with one attached hydrogen (secondary N) is 2. The molecule has 0 aliphatic heterocycles. The van der Waals surface area contributed by atoms with E-state index in [9.17, 15) is 39.6 Å². The van der Waals surface area contributed by atoms with E-state index < -0.39 is 50.1 Å². The van der Waals surface area contributed by atoms with Gasteiger partial charge in [0.25, 0.3) is 0 Å². The second-order valence-corrected chi connectivity index (χ2v) is 2.70. The van der Waals surface area contributed by atoms with Crippen LogP contribution in [0.2, 0.25) is 0 Å². The normalized spacial score (nSPS) is 8.00. The van der Waals surface area contributed by atoms with E-state index in [1.54, 1.807) is 0 Å². The smallest absolute Gasteiger partial charge is 0.549 e. The van der Waals surface area contributed by atoms with Crippen molar-refractivity contribution in [2.24, 2.45) is 0 Å². The molecule has 0 aliphatic carbocycles. The maximum atomic E-state index is 9.59. The largest absolute Gasteiger partial charge is 3.00 e. The molecule has 0 aromatic rings. The molecular weight excluding hydrogens is 406 g/mol. The van der Waals surface area contributed by atoms with Gasteiger partial charge in [0.1, 0.15) is 0 Å². The summed E-state index contributed by atoms with van der Waals surface area (Å²) in [5, 5.41) is 42.5. The van der Waals surface area contributed by atoms with Crippen molar-refractivity contribution in [3.8, 4) is 0 Å². The number of rotatable bonds is 8. The molecular formula is C8H10InKN2O8. The van der Waals surface area contributed by atoms with Crippen LogP contribution in [0.1, 0.15) is 0 Å². The van der Waals surface area contributed by atoms with Gasteiger partial charge in [0.2, 0.25) is 0 Å². The van der Waals surface area contributed by atoms with Gasteiger partial charge < -0.3 is 50.2 Å². The molecule has 0 saturated carbocycles. The summed E-state index contributed by atoms with van der Waals surface area (Å²) in [5.41, 5.74) is 0. The van der Waals surface area contributed by atoms with Gasteiger partial charge >= 0.3 is 77.2 Å². The number of carboxylic acids is 4. The van der Waals surface area contributed by atoms with Crippen LogP contribution in [0.5, 0.6) is 0 Å². The van der Waals surface area contributed by atoms with E-state index in [-0.39, 0.29) is 77.2 Å². The van der Waals surface area contributed by atoms with E-state index in [0.717, 1.165) is 0 Å². The van der Waals surface area contributed by atoms with E-state index in [4.69, 9.17) is 0 Å². The fourth-order valence-corrected chi connectivity index (χ4v) is 0.533. The van der Waals surface area contributed by atoms with Crippen molar-refractivity contribution >= 4 is 49.7 Å². The van der Waals surface area contributed by atoms with Crippen molar-refractivity contribution in [1.82, 2.24) is 10.6 Å². The maximum Gasteiger partial charge on any atom is 3.00 e. The van der Waals surface area contributed by atoms with Crippen LogP contribution in [-0.2, 0) is 19.2 Å². The van der Waals surface area contributed by atoms with Gasteiger partial charge in [-0.25, -0.2) is 0 Å². The molecule has 0 heterocycles. The zero-order valence-corrected chi connectivity index (χ0v) is 17.1. The molecule has 0 atom stereocenters. The van der Waals surface area contributed by atoms with Crippen LogP contribution in [0.3, 0.4) is 0 Å². The summed E-state index contributed by atoms with van der Waals surface area (Å²) in [4.78, 5) is 38.4. The molecule has 0 radical (unpaired) electrons. The van der Waals surface area contributed by atoms with Gasteiger partial charge in [0, 0.05) is 26.2 Å². The minimum atomic E-state index is -1.34. The molecule has 0 aromatic carbocycles. The Morgan fingerprint density at radius 2 is 0.750 bits per heavy atom. The van der Waals surface area contributed by atoms with Gasteiger partial charge in [0.05, 0.1) is 23.9 Å². The molecule has 0 rings (SSSR count). The standard InChI is InChI=1S/2C4H7NO4.In.K/c2*6-3(7)1-5-2-4(8)9;;/h2*5H,1-2H2,(H,6,7)(H,8,9);;/q;;+3;+1/p-4. The van der Waals surface area contributed by atoms with Crippen LogP contribution in [0.15, 0.2) is 0 Å². The Balaban J connectivity index is -0.000000116. The van der Waals surface area contributed by atoms with Crippen molar-refractivity contribution in [1.29, 1.82) is 0 Å².